The van der Waals surface area contributed by atoms with Crippen molar-refractivity contribution in [3.05, 3.63) is 12.2 Å². The van der Waals surface area contributed by atoms with Crippen LogP contribution in [0.2, 0.25) is 0 Å². The van der Waals surface area contributed by atoms with Crippen molar-refractivity contribution in [3.63, 3.8) is 0 Å². The molecule has 22 heavy (non-hydrogen) atoms. The highest BCUT2D eigenvalue weighted by atomic mass is 16.5. The van der Waals surface area contributed by atoms with Gasteiger partial charge < -0.3 is 4.74 Å². The molecule has 0 saturated carbocycles. The van der Waals surface area contributed by atoms with Crippen molar-refractivity contribution in [2.75, 3.05) is 6.61 Å². The summed E-state index contributed by atoms with van der Waals surface area (Å²) in [7, 11) is 0. The second-order valence-corrected chi connectivity index (χ2v) is 6.14. The zero-order valence-electron chi connectivity index (χ0n) is 15.1. The van der Waals surface area contributed by atoms with Crippen LogP contribution >= 0.6 is 0 Å². The number of rotatable bonds is 16. The normalized spacial score (nSPS) is 11.2. The molecule has 0 unspecified atom stereocenters. The molecular weight excluding hydrogens is 272 g/mol. The lowest BCUT2D eigenvalue weighted by Gasteiger charge is -2.01. The Morgan fingerprint density at radius 3 is 1.77 bits per heavy atom. The van der Waals surface area contributed by atoms with Gasteiger partial charge in [-0.1, -0.05) is 83.3 Å². The van der Waals surface area contributed by atoms with Crippen molar-refractivity contribution in [3.8, 4) is 0 Å². The van der Waals surface area contributed by atoms with E-state index in [1.807, 2.05) is 6.92 Å². The first kappa shape index (κ1) is 21.2. The summed E-state index contributed by atoms with van der Waals surface area (Å²) >= 11 is 0. The molecule has 2 nitrogen and oxygen atoms in total. The molecule has 0 aliphatic rings. The predicted octanol–water partition coefficient (Wildman–Crippen LogP) is 6.59. The molecule has 0 aromatic heterocycles. The average Bonchev–Trinajstić information content (AvgIpc) is 2.51. The minimum absolute atomic E-state index is 0.0816. The Kier molecular flexibility index (Phi) is 17.6. The molecular formula is C20H38O2. The predicted molar refractivity (Wildman–Crippen MR) is 96.1 cm³/mol. The highest BCUT2D eigenvalue weighted by Crippen LogP contribution is 2.12. The number of esters is 1. The first-order valence-electron chi connectivity index (χ1n) is 9.61. The van der Waals surface area contributed by atoms with Crippen molar-refractivity contribution >= 4 is 5.97 Å². The fourth-order valence-electron chi connectivity index (χ4n) is 2.60. The van der Waals surface area contributed by atoms with Gasteiger partial charge in [-0.05, 0) is 26.2 Å². The minimum Gasteiger partial charge on any atom is -0.466 e. The van der Waals surface area contributed by atoms with Gasteiger partial charge in [-0.3, -0.25) is 4.79 Å². The Hall–Kier alpha value is -0.790. The quantitative estimate of drug-likeness (QED) is 0.183. The summed E-state index contributed by atoms with van der Waals surface area (Å²) < 4.78 is 4.89. The van der Waals surface area contributed by atoms with Crippen LogP contribution in [0.3, 0.4) is 0 Å². The van der Waals surface area contributed by atoms with Crippen LogP contribution in [-0.4, -0.2) is 12.6 Å². The van der Waals surface area contributed by atoms with E-state index in [2.05, 4.69) is 19.1 Å². The monoisotopic (exact) mass is 310 g/mol. The molecule has 0 aromatic carbocycles. The molecule has 2 heteroatoms. The molecule has 0 rings (SSSR count). The van der Waals surface area contributed by atoms with Crippen molar-refractivity contribution in [2.24, 2.45) is 0 Å². The molecule has 0 N–H and O–H groups in total. The molecule has 130 valence electrons. The zero-order valence-corrected chi connectivity index (χ0v) is 15.1. The third-order valence-corrected chi connectivity index (χ3v) is 3.96. The second kappa shape index (κ2) is 18.3. The van der Waals surface area contributed by atoms with Gasteiger partial charge in [-0.15, -0.1) is 0 Å². The molecule has 0 aliphatic carbocycles. The Morgan fingerprint density at radius 2 is 1.23 bits per heavy atom. The number of unbranched alkanes of at least 4 members (excludes halogenated alkanes) is 11. The average molecular weight is 311 g/mol. The Balaban J connectivity index is 3.12. The van der Waals surface area contributed by atoms with Crippen molar-refractivity contribution in [1.29, 1.82) is 0 Å². The molecule has 0 aliphatic heterocycles. The number of allylic oxidation sites excluding steroid dienone is 2. The Bertz CT molecular complexity index is 258. The molecule has 0 radical (unpaired) electrons. The number of ether oxygens (including phenoxy) is 1. The van der Waals surface area contributed by atoms with E-state index >= 15 is 0 Å². The highest BCUT2D eigenvalue weighted by molar-refractivity contribution is 5.69. The zero-order chi connectivity index (χ0) is 16.3. The smallest absolute Gasteiger partial charge is 0.306 e. The summed E-state index contributed by atoms with van der Waals surface area (Å²) in [4.78, 5) is 11.1. The van der Waals surface area contributed by atoms with E-state index < -0.39 is 0 Å². The summed E-state index contributed by atoms with van der Waals surface area (Å²) in [6.07, 6.45) is 22.1. The maximum Gasteiger partial charge on any atom is 0.306 e. The first-order chi connectivity index (χ1) is 10.8. The van der Waals surface area contributed by atoms with Crippen LogP contribution in [0.1, 0.15) is 104 Å². The molecule has 0 saturated heterocycles. The summed E-state index contributed by atoms with van der Waals surface area (Å²) in [5.41, 5.74) is 0. The molecule has 0 amide bonds. The van der Waals surface area contributed by atoms with Gasteiger partial charge in [0, 0.05) is 6.42 Å². The van der Waals surface area contributed by atoms with E-state index in [9.17, 15) is 4.79 Å². The molecule has 0 atom stereocenters. The molecule has 0 aromatic rings. The van der Waals surface area contributed by atoms with Gasteiger partial charge in [0.1, 0.15) is 0 Å². The lowest BCUT2D eigenvalue weighted by atomic mass is 10.1. The maximum absolute atomic E-state index is 11.1. The molecule has 0 heterocycles. The van der Waals surface area contributed by atoms with Crippen LogP contribution in [0.15, 0.2) is 12.2 Å². The molecule has 0 fully saturated rings. The Labute approximate surface area is 138 Å². The highest BCUT2D eigenvalue weighted by Gasteiger charge is 1.97. The fourth-order valence-corrected chi connectivity index (χ4v) is 2.60. The van der Waals surface area contributed by atoms with Crippen LogP contribution in [0.4, 0.5) is 0 Å². The standard InChI is InChI=1S/C20H38O2/c1-3-5-6-7-8-9-10-11-12-13-14-15-16-17-18-19-20(21)22-4-2/h16-17H,3-15,18-19H2,1-2H3. The minimum atomic E-state index is -0.0816. The number of hydrogen-bond acceptors (Lipinski definition) is 2. The SMILES string of the molecule is CCCCCCCCCCCCCC=CCCC(=O)OCC. The first-order valence-corrected chi connectivity index (χ1v) is 9.61. The maximum atomic E-state index is 11.1. The fraction of sp³-hybridized carbons (Fsp3) is 0.850. The number of carbonyl (C=O) groups excluding carboxylic acids is 1. The van der Waals surface area contributed by atoms with Gasteiger partial charge in [0.15, 0.2) is 0 Å². The number of hydrogen-bond donors (Lipinski definition) is 0. The Morgan fingerprint density at radius 1 is 0.727 bits per heavy atom. The van der Waals surface area contributed by atoms with E-state index in [-0.39, 0.29) is 5.97 Å². The van der Waals surface area contributed by atoms with Crippen LogP contribution < -0.4 is 0 Å². The van der Waals surface area contributed by atoms with Crippen molar-refractivity contribution in [1.82, 2.24) is 0 Å². The van der Waals surface area contributed by atoms with E-state index in [0.29, 0.717) is 13.0 Å². The van der Waals surface area contributed by atoms with Crippen LogP contribution in [0.25, 0.3) is 0 Å². The lowest BCUT2D eigenvalue weighted by Crippen LogP contribution is -2.02. The molecule has 0 bridgehead atoms. The third-order valence-electron chi connectivity index (χ3n) is 3.96. The summed E-state index contributed by atoms with van der Waals surface area (Å²) in [5, 5.41) is 0. The van der Waals surface area contributed by atoms with Gasteiger partial charge in [0.05, 0.1) is 6.61 Å². The third kappa shape index (κ3) is 17.3. The van der Waals surface area contributed by atoms with E-state index in [4.69, 9.17) is 4.74 Å². The van der Waals surface area contributed by atoms with Crippen molar-refractivity contribution < 1.29 is 9.53 Å². The van der Waals surface area contributed by atoms with Crippen LogP contribution in [0, 0.1) is 0 Å². The van der Waals surface area contributed by atoms with Gasteiger partial charge in [0.25, 0.3) is 0 Å². The van der Waals surface area contributed by atoms with Gasteiger partial charge >= 0.3 is 5.97 Å². The summed E-state index contributed by atoms with van der Waals surface area (Å²) in [5.74, 6) is -0.0816. The van der Waals surface area contributed by atoms with E-state index in [0.717, 1.165) is 12.8 Å². The lowest BCUT2D eigenvalue weighted by molar-refractivity contribution is -0.142. The van der Waals surface area contributed by atoms with Crippen molar-refractivity contribution in [2.45, 2.75) is 104 Å². The van der Waals surface area contributed by atoms with E-state index in [1.165, 1.54) is 70.6 Å². The largest absolute Gasteiger partial charge is 0.466 e. The summed E-state index contributed by atoms with van der Waals surface area (Å²) in [6, 6.07) is 0. The van der Waals surface area contributed by atoms with Crippen LogP contribution in [0.5, 0.6) is 0 Å². The van der Waals surface area contributed by atoms with Gasteiger partial charge in [-0.25, -0.2) is 0 Å². The van der Waals surface area contributed by atoms with E-state index in [1.54, 1.807) is 0 Å². The van der Waals surface area contributed by atoms with Gasteiger partial charge in [0.2, 0.25) is 0 Å². The summed E-state index contributed by atoms with van der Waals surface area (Å²) in [6.45, 7) is 4.61. The number of carbonyl (C=O) groups is 1. The second-order valence-electron chi connectivity index (χ2n) is 6.14. The molecule has 0 spiro atoms. The van der Waals surface area contributed by atoms with Gasteiger partial charge in [-0.2, -0.15) is 0 Å². The topological polar surface area (TPSA) is 26.3 Å². The van der Waals surface area contributed by atoms with Crippen LogP contribution in [-0.2, 0) is 9.53 Å².